The molecular formula is C29H39FN4O4S. The van der Waals surface area contributed by atoms with Crippen molar-refractivity contribution in [1.82, 2.24) is 19.4 Å². The number of carbonyl (C=O) groups excluding carboxylic acids is 2. The first kappa shape index (κ1) is 29.2. The van der Waals surface area contributed by atoms with E-state index in [4.69, 9.17) is 0 Å². The summed E-state index contributed by atoms with van der Waals surface area (Å²) in [6.07, 6.45) is 4.27. The zero-order chi connectivity index (χ0) is 28.2. The maximum atomic E-state index is 13.6. The Morgan fingerprint density at radius 1 is 1.05 bits per heavy atom. The number of hydrogen-bond acceptors (Lipinski definition) is 5. The summed E-state index contributed by atoms with van der Waals surface area (Å²) in [5, 5.41) is 3.63. The van der Waals surface area contributed by atoms with Crippen molar-refractivity contribution in [3.05, 3.63) is 71.5 Å². The van der Waals surface area contributed by atoms with Crippen LogP contribution in [0.4, 0.5) is 4.39 Å². The van der Waals surface area contributed by atoms with Crippen LogP contribution in [0.25, 0.3) is 0 Å². The molecular weight excluding hydrogens is 519 g/mol. The van der Waals surface area contributed by atoms with Crippen LogP contribution < -0.4 is 5.32 Å². The molecule has 1 saturated carbocycles. The molecule has 2 aromatic rings. The number of unbranched alkanes of at least 4 members (excludes halogenated alkanes) is 1. The quantitative estimate of drug-likeness (QED) is 0.428. The van der Waals surface area contributed by atoms with E-state index >= 15 is 0 Å². The lowest BCUT2D eigenvalue weighted by atomic mass is 10.0. The summed E-state index contributed by atoms with van der Waals surface area (Å²) in [7, 11) is -1.64. The van der Waals surface area contributed by atoms with E-state index in [0.29, 0.717) is 31.0 Å². The van der Waals surface area contributed by atoms with Crippen LogP contribution in [0.15, 0.2) is 54.6 Å². The van der Waals surface area contributed by atoms with Gasteiger partial charge in [0.2, 0.25) is 15.9 Å². The summed E-state index contributed by atoms with van der Waals surface area (Å²) in [5.74, 6) is -0.235. The molecule has 0 bridgehead atoms. The zero-order valence-electron chi connectivity index (χ0n) is 23.0. The maximum absolute atomic E-state index is 13.6. The molecule has 4 rings (SSSR count). The Morgan fingerprint density at radius 2 is 1.69 bits per heavy atom. The summed E-state index contributed by atoms with van der Waals surface area (Å²) >= 11 is 0. The average Bonchev–Trinajstić information content (AvgIpc) is 3.61. The molecule has 1 aliphatic heterocycles. The summed E-state index contributed by atoms with van der Waals surface area (Å²) < 4.78 is 38.4. The molecule has 2 aliphatic rings. The van der Waals surface area contributed by atoms with Crippen LogP contribution in [0.2, 0.25) is 0 Å². The molecule has 0 aromatic heterocycles. The number of nitrogens with one attached hydrogen (secondary N) is 1. The number of halogens is 1. The second kappa shape index (κ2) is 12.1. The van der Waals surface area contributed by atoms with Gasteiger partial charge < -0.3 is 15.1 Å². The van der Waals surface area contributed by atoms with Crippen molar-refractivity contribution in [3.8, 4) is 0 Å². The van der Waals surface area contributed by atoms with Crippen LogP contribution in [-0.4, -0.2) is 91.9 Å². The minimum absolute atomic E-state index is 0.0214. The van der Waals surface area contributed by atoms with Gasteiger partial charge in [-0.1, -0.05) is 30.3 Å². The normalized spacial score (nSPS) is 22.4. The smallest absolute Gasteiger partial charge is 0.254 e. The third-order valence-electron chi connectivity index (χ3n) is 8.06. The molecule has 1 unspecified atom stereocenters. The number of nitrogens with zero attached hydrogens (tertiary/aromatic N) is 3. The number of piperazine rings is 1. The monoisotopic (exact) mass is 558 g/mol. The predicted octanol–water partition coefficient (Wildman–Crippen LogP) is 3.08. The van der Waals surface area contributed by atoms with Crippen LogP contribution in [0.3, 0.4) is 0 Å². The van der Waals surface area contributed by atoms with Gasteiger partial charge in [-0.05, 0) is 69.0 Å². The molecule has 1 N–H and O–H groups in total. The first-order chi connectivity index (χ1) is 18.5. The Bertz CT molecular complexity index is 1250. The Balaban J connectivity index is 1.34. The van der Waals surface area contributed by atoms with E-state index < -0.39 is 16.1 Å². The molecule has 10 heteroatoms. The molecule has 2 fully saturated rings. The minimum atomic E-state index is -3.31. The van der Waals surface area contributed by atoms with Crippen molar-refractivity contribution >= 4 is 21.8 Å². The van der Waals surface area contributed by atoms with Crippen LogP contribution in [-0.2, 0) is 14.8 Å². The van der Waals surface area contributed by atoms with E-state index in [1.54, 1.807) is 36.2 Å². The highest BCUT2D eigenvalue weighted by molar-refractivity contribution is 7.88. The molecule has 2 aromatic carbocycles. The third kappa shape index (κ3) is 7.23. The second-order valence-corrected chi connectivity index (χ2v) is 12.9. The molecule has 2 amide bonds. The first-order valence-electron chi connectivity index (χ1n) is 13.6. The van der Waals surface area contributed by atoms with Gasteiger partial charge >= 0.3 is 0 Å². The number of rotatable bonds is 11. The van der Waals surface area contributed by atoms with E-state index in [2.05, 4.69) is 12.2 Å². The third-order valence-corrected chi connectivity index (χ3v) is 9.36. The summed E-state index contributed by atoms with van der Waals surface area (Å²) in [6, 6.07) is 15.0. The molecule has 0 spiro atoms. The van der Waals surface area contributed by atoms with Gasteiger partial charge in [0.15, 0.2) is 0 Å². The molecule has 1 heterocycles. The van der Waals surface area contributed by atoms with E-state index in [-0.39, 0.29) is 36.3 Å². The molecule has 39 heavy (non-hydrogen) atoms. The van der Waals surface area contributed by atoms with Crippen LogP contribution in [0, 0.1) is 5.82 Å². The van der Waals surface area contributed by atoms with E-state index in [1.807, 2.05) is 18.2 Å². The van der Waals surface area contributed by atoms with Gasteiger partial charge in [-0.15, -0.1) is 0 Å². The lowest BCUT2D eigenvalue weighted by Crippen LogP contribution is -2.56. The van der Waals surface area contributed by atoms with Gasteiger partial charge in [-0.3, -0.25) is 9.59 Å². The topological polar surface area (TPSA) is 90.0 Å². The van der Waals surface area contributed by atoms with Gasteiger partial charge in [0.1, 0.15) is 11.9 Å². The van der Waals surface area contributed by atoms with Crippen molar-refractivity contribution in [2.24, 2.45) is 0 Å². The summed E-state index contributed by atoms with van der Waals surface area (Å²) in [6.45, 7) is 4.08. The number of amides is 2. The highest BCUT2D eigenvalue weighted by Gasteiger charge is 2.50. The Labute approximate surface area is 231 Å². The fraction of sp³-hybridized carbons (Fsp3) is 0.517. The predicted molar refractivity (Wildman–Crippen MR) is 149 cm³/mol. The fourth-order valence-corrected chi connectivity index (χ4v) is 6.26. The Kier molecular flexibility index (Phi) is 9.08. The first-order valence-corrected chi connectivity index (χ1v) is 15.4. The number of hydrogen-bond donors (Lipinski definition) is 1. The number of carbonyl (C=O) groups is 2. The van der Waals surface area contributed by atoms with E-state index in [1.165, 1.54) is 27.6 Å². The molecule has 3 atom stereocenters. The number of likely N-dealkylation sites (N-methyl/N-ethyl adjacent to an activating group) is 1. The van der Waals surface area contributed by atoms with Crippen LogP contribution >= 0.6 is 0 Å². The molecule has 0 radical (unpaired) electrons. The van der Waals surface area contributed by atoms with E-state index in [0.717, 1.165) is 31.4 Å². The van der Waals surface area contributed by atoms with Crippen molar-refractivity contribution < 1.29 is 22.4 Å². The van der Waals surface area contributed by atoms with Gasteiger partial charge in [-0.25, -0.2) is 12.8 Å². The van der Waals surface area contributed by atoms with Crippen LogP contribution in [0.1, 0.15) is 54.4 Å². The largest absolute Gasteiger partial charge is 0.338 e. The SMILES string of the molecule is CN(C(=O)c1ccccc1)[C@@H](CCCCNC1(C)C[C@H]1c1ccc(F)cc1)C(=O)N1CCN(S(C)(=O)=O)CC1. The summed E-state index contributed by atoms with van der Waals surface area (Å²) in [4.78, 5) is 30.0. The molecule has 212 valence electrons. The molecule has 8 nitrogen and oxygen atoms in total. The molecule has 1 saturated heterocycles. The summed E-state index contributed by atoms with van der Waals surface area (Å²) in [5.41, 5.74) is 1.63. The second-order valence-electron chi connectivity index (χ2n) is 10.9. The van der Waals surface area contributed by atoms with Crippen molar-refractivity contribution in [1.29, 1.82) is 0 Å². The van der Waals surface area contributed by atoms with Gasteiger partial charge in [0.25, 0.3) is 5.91 Å². The van der Waals surface area contributed by atoms with Gasteiger partial charge in [0.05, 0.1) is 6.26 Å². The maximum Gasteiger partial charge on any atom is 0.254 e. The molecule has 1 aliphatic carbocycles. The fourth-order valence-electron chi connectivity index (χ4n) is 5.44. The van der Waals surface area contributed by atoms with Crippen molar-refractivity contribution in [2.45, 2.75) is 50.1 Å². The minimum Gasteiger partial charge on any atom is -0.338 e. The van der Waals surface area contributed by atoms with Crippen LogP contribution in [0.5, 0.6) is 0 Å². The highest BCUT2D eigenvalue weighted by atomic mass is 32.2. The number of sulfonamides is 1. The van der Waals surface area contributed by atoms with Gasteiger partial charge in [-0.2, -0.15) is 4.31 Å². The lowest BCUT2D eigenvalue weighted by Gasteiger charge is -2.37. The highest BCUT2D eigenvalue weighted by Crippen LogP contribution is 2.51. The number of benzene rings is 2. The van der Waals surface area contributed by atoms with E-state index in [9.17, 15) is 22.4 Å². The van der Waals surface area contributed by atoms with Crippen molar-refractivity contribution in [2.75, 3.05) is 46.0 Å². The standard InChI is InChI=1S/C29H39FN4O4S/c1-29(21-25(29)22-12-14-24(30)15-13-22)31-16-8-7-11-26(32(2)27(35)23-9-5-4-6-10-23)28(36)33-17-19-34(20-18-33)39(3,37)38/h4-6,9-10,12-15,25-26,31H,7-8,11,16-21H2,1-3H3/t25-,26-,29?/m0/s1. The van der Waals surface area contributed by atoms with Crippen molar-refractivity contribution in [3.63, 3.8) is 0 Å². The van der Waals surface area contributed by atoms with Gasteiger partial charge in [0, 0.05) is 50.2 Å². The lowest BCUT2D eigenvalue weighted by molar-refractivity contribution is -0.137. The Morgan fingerprint density at radius 3 is 2.31 bits per heavy atom. The zero-order valence-corrected chi connectivity index (χ0v) is 23.8. The Hall–Kier alpha value is -2.82. The average molecular weight is 559 g/mol.